The van der Waals surface area contributed by atoms with Crippen LogP contribution in [-0.4, -0.2) is 7.05 Å². The summed E-state index contributed by atoms with van der Waals surface area (Å²) in [6.07, 6.45) is 1.62. The minimum absolute atomic E-state index is 0.120. The van der Waals surface area contributed by atoms with Gasteiger partial charge >= 0.3 is 0 Å². The summed E-state index contributed by atoms with van der Waals surface area (Å²) in [6, 6.07) is 13.6. The summed E-state index contributed by atoms with van der Waals surface area (Å²) in [6.45, 7) is 2.14. The number of rotatable bonds is 5. The van der Waals surface area contributed by atoms with Gasteiger partial charge in [-0.15, -0.1) is 0 Å². The van der Waals surface area contributed by atoms with Gasteiger partial charge in [-0.3, -0.25) is 0 Å². The SMILES string of the molecule is CCc1ccccc1C(Cc1cc(Br)ccc1F)NC. The molecule has 0 aliphatic rings. The monoisotopic (exact) mass is 335 g/mol. The topological polar surface area (TPSA) is 12.0 Å². The second-order valence-corrected chi connectivity index (χ2v) is 5.75. The first kappa shape index (κ1) is 15.2. The summed E-state index contributed by atoms with van der Waals surface area (Å²) in [7, 11) is 1.92. The molecule has 0 aliphatic heterocycles. The van der Waals surface area contributed by atoms with Crippen LogP contribution in [0.25, 0.3) is 0 Å². The van der Waals surface area contributed by atoms with Gasteiger partial charge in [-0.05, 0) is 54.8 Å². The number of benzene rings is 2. The molecule has 106 valence electrons. The molecular weight excluding hydrogens is 317 g/mol. The first-order valence-electron chi connectivity index (χ1n) is 6.84. The predicted octanol–water partition coefficient (Wildman–Crippen LogP) is 4.65. The molecule has 2 aromatic carbocycles. The summed E-state index contributed by atoms with van der Waals surface area (Å²) < 4.78 is 14.8. The molecule has 0 fully saturated rings. The van der Waals surface area contributed by atoms with Gasteiger partial charge in [0.05, 0.1) is 0 Å². The molecule has 0 radical (unpaired) electrons. The van der Waals surface area contributed by atoms with Crippen LogP contribution in [0.15, 0.2) is 46.9 Å². The Kier molecular flexibility index (Phi) is 5.32. The van der Waals surface area contributed by atoms with Crippen molar-refractivity contribution < 1.29 is 4.39 Å². The van der Waals surface area contributed by atoms with E-state index < -0.39 is 0 Å². The third-order valence-corrected chi connectivity index (χ3v) is 4.08. The predicted molar refractivity (Wildman–Crippen MR) is 85.4 cm³/mol. The van der Waals surface area contributed by atoms with Crippen LogP contribution in [0.2, 0.25) is 0 Å². The van der Waals surface area contributed by atoms with E-state index in [0.717, 1.165) is 16.5 Å². The van der Waals surface area contributed by atoms with Gasteiger partial charge < -0.3 is 5.32 Å². The number of hydrogen-bond acceptors (Lipinski definition) is 1. The fraction of sp³-hybridized carbons (Fsp3) is 0.294. The molecular formula is C17H19BrFN. The minimum Gasteiger partial charge on any atom is -0.313 e. The molecule has 2 aromatic rings. The molecule has 0 amide bonds. The lowest BCUT2D eigenvalue weighted by Gasteiger charge is -2.20. The molecule has 1 unspecified atom stereocenters. The van der Waals surface area contributed by atoms with Crippen molar-refractivity contribution in [2.75, 3.05) is 7.05 Å². The van der Waals surface area contributed by atoms with E-state index in [1.165, 1.54) is 17.2 Å². The van der Waals surface area contributed by atoms with Gasteiger partial charge in [0, 0.05) is 10.5 Å². The molecule has 3 heteroatoms. The van der Waals surface area contributed by atoms with Crippen LogP contribution in [0.5, 0.6) is 0 Å². The van der Waals surface area contributed by atoms with Crippen LogP contribution >= 0.6 is 15.9 Å². The van der Waals surface area contributed by atoms with Gasteiger partial charge in [0.15, 0.2) is 0 Å². The second kappa shape index (κ2) is 7.00. The standard InChI is InChI=1S/C17H19BrFN/c1-3-12-6-4-5-7-15(12)17(20-2)11-13-10-14(18)8-9-16(13)19/h4-10,17,20H,3,11H2,1-2H3. The normalized spacial score (nSPS) is 12.4. The van der Waals surface area contributed by atoms with Crippen molar-refractivity contribution in [2.24, 2.45) is 0 Å². The second-order valence-electron chi connectivity index (χ2n) is 4.83. The molecule has 0 spiro atoms. The molecule has 1 N–H and O–H groups in total. The van der Waals surface area contributed by atoms with Gasteiger partial charge in [0.2, 0.25) is 0 Å². The number of hydrogen-bond donors (Lipinski definition) is 1. The summed E-state index contributed by atoms with van der Waals surface area (Å²) >= 11 is 3.41. The fourth-order valence-electron chi connectivity index (χ4n) is 2.48. The Hall–Kier alpha value is -1.19. The molecule has 0 heterocycles. The van der Waals surface area contributed by atoms with E-state index in [1.54, 1.807) is 6.07 Å². The van der Waals surface area contributed by atoms with Crippen molar-refractivity contribution in [1.29, 1.82) is 0 Å². The van der Waals surface area contributed by atoms with Crippen LogP contribution in [0, 0.1) is 5.82 Å². The smallest absolute Gasteiger partial charge is 0.126 e. The summed E-state index contributed by atoms with van der Waals surface area (Å²) in [5, 5.41) is 3.31. The molecule has 0 bridgehead atoms. The van der Waals surface area contributed by atoms with E-state index in [9.17, 15) is 4.39 Å². The maximum Gasteiger partial charge on any atom is 0.126 e. The summed E-state index contributed by atoms with van der Waals surface area (Å²) in [4.78, 5) is 0. The molecule has 0 saturated carbocycles. The Morgan fingerprint density at radius 2 is 1.90 bits per heavy atom. The highest BCUT2D eigenvalue weighted by atomic mass is 79.9. The highest BCUT2D eigenvalue weighted by molar-refractivity contribution is 9.10. The van der Waals surface area contributed by atoms with Crippen molar-refractivity contribution in [1.82, 2.24) is 5.32 Å². The van der Waals surface area contributed by atoms with E-state index in [1.807, 2.05) is 19.2 Å². The third-order valence-electron chi connectivity index (χ3n) is 3.59. The van der Waals surface area contributed by atoms with E-state index in [4.69, 9.17) is 0 Å². The van der Waals surface area contributed by atoms with Crippen LogP contribution in [0.4, 0.5) is 4.39 Å². The lowest BCUT2D eigenvalue weighted by molar-refractivity contribution is 0.551. The molecule has 20 heavy (non-hydrogen) atoms. The van der Waals surface area contributed by atoms with E-state index in [-0.39, 0.29) is 11.9 Å². The third kappa shape index (κ3) is 3.47. The Morgan fingerprint density at radius 1 is 1.15 bits per heavy atom. The van der Waals surface area contributed by atoms with Crippen LogP contribution in [0.1, 0.15) is 29.7 Å². The first-order chi connectivity index (χ1) is 9.65. The average molecular weight is 336 g/mol. The van der Waals surface area contributed by atoms with Crippen molar-refractivity contribution >= 4 is 15.9 Å². The van der Waals surface area contributed by atoms with Crippen molar-refractivity contribution in [3.8, 4) is 0 Å². The van der Waals surface area contributed by atoms with E-state index in [2.05, 4.69) is 46.4 Å². The van der Waals surface area contributed by atoms with E-state index in [0.29, 0.717) is 6.42 Å². The van der Waals surface area contributed by atoms with Crippen molar-refractivity contribution in [3.63, 3.8) is 0 Å². The van der Waals surface area contributed by atoms with Crippen molar-refractivity contribution in [2.45, 2.75) is 25.8 Å². The van der Waals surface area contributed by atoms with Crippen LogP contribution in [0.3, 0.4) is 0 Å². The van der Waals surface area contributed by atoms with E-state index >= 15 is 0 Å². The van der Waals surface area contributed by atoms with Gasteiger partial charge in [0.25, 0.3) is 0 Å². The summed E-state index contributed by atoms with van der Waals surface area (Å²) in [5.41, 5.74) is 3.28. The molecule has 0 aromatic heterocycles. The van der Waals surface area contributed by atoms with Crippen molar-refractivity contribution in [3.05, 3.63) is 69.4 Å². The largest absolute Gasteiger partial charge is 0.313 e. The highest BCUT2D eigenvalue weighted by Crippen LogP contribution is 2.25. The molecule has 1 nitrogen and oxygen atoms in total. The summed E-state index contributed by atoms with van der Waals surface area (Å²) in [5.74, 6) is -0.151. The number of aryl methyl sites for hydroxylation is 1. The molecule has 2 rings (SSSR count). The Balaban J connectivity index is 2.31. The maximum atomic E-state index is 13.9. The lowest BCUT2D eigenvalue weighted by atomic mass is 9.93. The van der Waals surface area contributed by atoms with Crippen LogP contribution in [-0.2, 0) is 12.8 Å². The van der Waals surface area contributed by atoms with Gasteiger partial charge in [-0.1, -0.05) is 47.1 Å². The quantitative estimate of drug-likeness (QED) is 0.838. The zero-order chi connectivity index (χ0) is 14.5. The molecule has 1 atom stereocenters. The Morgan fingerprint density at radius 3 is 2.60 bits per heavy atom. The lowest BCUT2D eigenvalue weighted by Crippen LogP contribution is -2.20. The average Bonchev–Trinajstić information content (AvgIpc) is 2.48. The zero-order valence-corrected chi connectivity index (χ0v) is 13.4. The fourth-order valence-corrected chi connectivity index (χ4v) is 2.89. The zero-order valence-electron chi connectivity index (χ0n) is 11.8. The number of halogens is 2. The van der Waals surface area contributed by atoms with Gasteiger partial charge in [-0.25, -0.2) is 4.39 Å². The number of likely N-dealkylation sites (N-methyl/N-ethyl adjacent to an activating group) is 1. The molecule has 0 aliphatic carbocycles. The Labute approximate surface area is 128 Å². The Bertz CT molecular complexity index is 583. The highest BCUT2D eigenvalue weighted by Gasteiger charge is 2.15. The molecule has 0 saturated heterocycles. The minimum atomic E-state index is -0.151. The number of nitrogens with one attached hydrogen (secondary N) is 1. The maximum absolute atomic E-state index is 13.9. The first-order valence-corrected chi connectivity index (χ1v) is 7.64. The van der Waals surface area contributed by atoms with Gasteiger partial charge in [0.1, 0.15) is 5.82 Å². The van der Waals surface area contributed by atoms with Gasteiger partial charge in [-0.2, -0.15) is 0 Å². The van der Waals surface area contributed by atoms with Crippen LogP contribution < -0.4 is 5.32 Å².